The molecule has 2 aromatic carbocycles. The average molecular weight is 475 g/mol. The van der Waals surface area contributed by atoms with Crippen LogP contribution in [0, 0.1) is 5.92 Å². The molecule has 1 aliphatic heterocycles. The minimum Gasteiger partial charge on any atom is -0.494 e. The maximum atomic E-state index is 12.8. The van der Waals surface area contributed by atoms with Gasteiger partial charge in [0, 0.05) is 36.1 Å². The van der Waals surface area contributed by atoms with E-state index in [0.717, 1.165) is 68.4 Å². The van der Waals surface area contributed by atoms with Crippen LogP contribution in [0.15, 0.2) is 47.5 Å². The van der Waals surface area contributed by atoms with Crippen LogP contribution in [0.1, 0.15) is 86.0 Å². The van der Waals surface area contributed by atoms with Crippen molar-refractivity contribution >= 4 is 23.2 Å². The lowest BCUT2D eigenvalue weighted by Crippen LogP contribution is -2.43. The van der Waals surface area contributed by atoms with Crippen LogP contribution in [-0.2, 0) is 0 Å². The molecule has 6 nitrogen and oxygen atoms in total. The highest BCUT2D eigenvalue weighted by atomic mass is 16.5. The first-order chi connectivity index (χ1) is 17.2. The fourth-order valence-corrected chi connectivity index (χ4v) is 5.20. The van der Waals surface area contributed by atoms with E-state index in [-0.39, 0.29) is 5.91 Å². The Kier molecular flexibility index (Phi) is 7.86. The summed E-state index contributed by atoms with van der Waals surface area (Å²) in [6.07, 6.45) is 12.8. The van der Waals surface area contributed by atoms with E-state index in [4.69, 9.17) is 4.74 Å². The fraction of sp³-hybridized carbons (Fsp3) is 0.517. The van der Waals surface area contributed by atoms with E-state index in [0.29, 0.717) is 17.4 Å². The number of aliphatic imine (C=N–C) groups is 1. The SMILES string of the molecule is O=C(NC1=NCCCN1)c1ccc(Nc2cccc(OCCCC3CCCCC3)c2)c(C2CC2)c1. The number of nitrogens with zero attached hydrogens (tertiary/aromatic N) is 1. The van der Waals surface area contributed by atoms with Crippen LogP contribution in [0.3, 0.4) is 0 Å². The van der Waals surface area contributed by atoms with Crippen LogP contribution in [0.4, 0.5) is 11.4 Å². The molecule has 2 aliphatic carbocycles. The van der Waals surface area contributed by atoms with Crippen molar-refractivity contribution in [2.45, 2.75) is 70.1 Å². The Bertz CT molecular complexity index is 1040. The van der Waals surface area contributed by atoms with Crippen molar-refractivity contribution in [1.82, 2.24) is 10.6 Å². The van der Waals surface area contributed by atoms with Crippen molar-refractivity contribution in [3.8, 4) is 5.75 Å². The molecule has 2 aromatic rings. The molecule has 5 rings (SSSR count). The normalized spacial score (nSPS) is 18.3. The van der Waals surface area contributed by atoms with E-state index in [1.165, 1.54) is 44.1 Å². The Balaban J connectivity index is 1.19. The fourth-order valence-electron chi connectivity index (χ4n) is 5.20. The van der Waals surface area contributed by atoms with Gasteiger partial charge in [-0.3, -0.25) is 15.1 Å². The van der Waals surface area contributed by atoms with Gasteiger partial charge in [-0.25, -0.2) is 0 Å². The number of anilines is 2. The third-order valence-corrected chi connectivity index (χ3v) is 7.32. The smallest absolute Gasteiger partial charge is 0.257 e. The molecule has 0 saturated heterocycles. The number of benzene rings is 2. The third-order valence-electron chi connectivity index (χ3n) is 7.32. The molecule has 0 unspecified atom stereocenters. The van der Waals surface area contributed by atoms with E-state index in [1.54, 1.807) is 0 Å². The second-order valence-electron chi connectivity index (χ2n) is 10.2. The topological polar surface area (TPSA) is 74.8 Å². The number of carbonyl (C=O) groups is 1. The number of rotatable bonds is 9. The summed E-state index contributed by atoms with van der Waals surface area (Å²) in [6.45, 7) is 2.37. The molecule has 2 fully saturated rings. The van der Waals surface area contributed by atoms with Crippen LogP contribution in [0.2, 0.25) is 0 Å². The van der Waals surface area contributed by atoms with E-state index in [1.807, 2.05) is 30.3 Å². The Hall–Kier alpha value is -3.02. The largest absolute Gasteiger partial charge is 0.494 e. The lowest BCUT2D eigenvalue weighted by atomic mass is 9.86. The molecule has 0 atom stereocenters. The molecular weight excluding hydrogens is 436 g/mol. The Morgan fingerprint density at radius 1 is 1.03 bits per heavy atom. The van der Waals surface area contributed by atoms with E-state index >= 15 is 0 Å². The molecule has 0 spiro atoms. The molecule has 6 heteroatoms. The lowest BCUT2D eigenvalue weighted by molar-refractivity contribution is 0.0975. The van der Waals surface area contributed by atoms with E-state index in [2.05, 4.69) is 33.1 Å². The van der Waals surface area contributed by atoms with Gasteiger partial charge >= 0.3 is 0 Å². The van der Waals surface area contributed by atoms with Crippen LogP contribution < -0.4 is 20.7 Å². The summed E-state index contributed by atoms with van der Waals surface area (Å²) < 4.78 is 6.08. The number of carbonyl (C=O) groups excluding carboxylic acids is 1. The predicted molar refractivity (Wildman–Crippen MR) is 142 cm³/mol. The zero-order valence-electron chi connectivity index (χ0n) is 20.7. The predicted octanol–water partition coefficient (Wildman–Crippen LogP) is 6.13. The average Bonchev–Trinajstić information content (AvgIpc) is 3.74. The van der Waals surface area contributed by atoms with Gasteiger partial charge in [0.2, 0.25) is 0 Å². The summed E-state index contributed by atoms with van der Waals surface area (Å²) in [5.74, 6) is 2.78. The number of ether oxygens (including phenoxy) is 1. The van der Waals surface area contributed by atoms with Crippen molar-refractivity contribution in [3.63, 3.8) is 0 Å². The second-order valence-corrected chi connectivity index (χ2v) is 10.2. The van der Waals surface area contributed by atoms with Gasteiger partial charge in [0.25, 0.3) is 5.91 Å². The Labute approximate surface area is 208 Å². The zero-order chi connectivity index (χ0) is 23.9. The summed E-state index contributed by atoms with van der Waals surface area (Å²) in [5, 5.41) is 9.63. The first kappa shape index (κ1) is 23.7. The minimum absolute atomic E-state index is 0.116. The first-order valence-electron chi connectivity index (χ1n) is 13.5. The number of guanidine groups is 1. The van der Waals surface area contributed by atoms with Crippen molar-refractivity contribution in [2.24, 2.45) is 10.9 Å². The van der Waals surface area contributed by atoms with Gasteiger partial charge in [0.05, 0.1) is 6.61 Å². The maximum absolute atomic E-state index is 12.8. The lowest BCUT2D eigenvalue weighted by Gasteiger charge is -2.21. The van der Waals surface area contributed by atoms with Gasteiger partial charge in [-0.05, 0) is 79.8 Å². The van der Waals surface area contributed by atoms with Crippen molar-refractivity contribution in [2.75, 3.05) is 25.0 Å². The molecule has 3 N–H and O–H groups in total. The van der Waals surface area contributed by atoms with Gasteiger partial charge in [0.15, 0.2) is 5.96 Å². The van der Waals surface area contributed by atoms with Crippen molar-refractivity contribution in [3.05, 3.63) is 53.6 Å². The zero-order valence-corrected chi connectivity index (χ0v) is 20.7. The molecule has 2 saturated carbocycles. The van der Waals surface area contributed by atoms with Crippen LogP contribution >= 0.6 is 0 Å². The molecular formula is C29H38N4O2. The number of hydrogen-bond acceptors (Lipinski definition) is 5. The second kappa shape index (κ2) is 11.6. The van der Waals surface area contributed by atoms with Crippen molar-refractivity contribution < 1.29 is 9.53 Å². The summed E-state index contributed by atoms with van der Waals surface area (Å²) in [6, 6.07) is 14.2. The molecule has 3 aliphatic rings. The highest BCUT2D eigenvalue weighted by Gasteiger charge is 2.27. The highest BCUT2D eigenvalue weighted by molar-refractivity contribution is 6.06. The first-order valence-corrected chi connectivity index (χ1v) is 13.5. The van der Waals surface area contributed by atoms with Gasteiger partial charge in [-0.15, -0.1) is 0 Å². The molecule has 1 heterocycles. The number of nitrogens with one attached hydrogen (secondary N) is 3. The Morgan fingerprint density at radius 3 is 2.71 bits per heavy atom. The number of amides is 1. The van der Waals surface area contributed by atoms with Crippen LogP contribution in [-0.4, -0.2) is 31.6 Å². The van der Waals surface area contributed by atoms with Gasteiger partial charge < -0.3 is 15.4 Å². The summed E-state index contributed by atoms with van der Waals surface area (Å²) in [5.41, 5.74) is 3.94. The van der Waals surface area contributed by atoms with Gasteiger partial charge in [-0.1, -0.05) is 38.2 Å². The third kappa shape index (κ3) is 6.77. The molecule has 1 amide bonds. The van der Waals surface area contributed by atoms with Crippen LogP contribution in [0.25, 0.3) is 0 Å². The van der Waals surface area contributed by atoms with Crippen LogP contribution in [0.5, 0.6) is 5.75 Å². The van der Waals surface area contributed by atoms with Crippen molar-refractivity contribution in [1.29, 1.82) is 0 Å². The Morgan fingerprint density at radius 2 is 1.91 bits per heavy atom. The van der Waals surface area contributed by atoms with Gasteiger partial charge in [-0.2, -0.15) is 0 Å². The number of hydrogen-bond donors (Lipinski definition) is 3. The molecule has 0 radical (unpaired) electrons. The summed E-state index contributed by atoms with van der Waals surface area (Å²) >= 11 is 0. The summed E-state index contributed by atoms with van der Waals surface area (Å²) in [7, 11) is 0. The van der Waals surface area contributed by atoms with E-state index in [9.17, 15) is 4.79 Å². The van der Waals surface area contributed by atoms with Gasteiger partial charge in [0.1, 0.15) is 5.75 Å². The molecule has 0 bridgehead atoms. The molecule has 0 aromatic heterocycles. The monoisotopic (exact) mass is 474 g/mol. The maximum Gasteiger partial charge on any atom is 0.257 e. The molecule has 35 heavy (non-hydrogen) atoms. The summed E-state index contributed by atoms with van der Waals surface area (Å²) in [4.78, 5) is 17.1. The minimum atomic E-state index is -0.116. The standard InChI is InChI=1S/C29H38N4O2/c34-28(33-29-30-16-6-17-31-29)23-14-15-27(26(19-23)22-12-13-22)32-24-10-4-11-25(20-24)35-18-5-9-21-7-2-1-3-8-21/h4,10-11,14-15,19-22,32H,1-3,5-9,12-13,16-18H2,(H2,30,31,33,34). The molecule has 186 valence electrons. The highest BCUT2D eigenvalue weighted by Crippen LogP contribution is 2.44. The van der Waals surface area contributed by atoms with E-state index < -0.39 is 0 Å². The quantitative estimate of drug-likeness (QED) is 0.383.